The van der Waals surface area contributed by atoms with E-state index < -0.39 is 0 Å². The standard InChI is InChI=1S/C17H20O/c1-3-4-5-8-14-9-6-7-10-15(14)17-13(2)11-12-16(17)18/h5-10H,3-4,11-12H2,1-2H3. The Labute approximate surface area is 109 Å². The molecule has 1 aliphatic rings. The fourth-order valence-electron chi connectivity index (χ4n) is 2.42. The molecule has 94 valence electrons. The molecule has 0 radical (unpaired) electrons. The Kier molecular flexibility index (Phi) is 4.14. The summed E-state index contributed by atoms with van der Waals surface area (Å²) >= 11 is 0. The summed E-state index contributed by atoms with van der Waals surface area (Å²) in [5.41, 5.74) is 4.45. The van der Waals surface area contributed by atoms with Crippen molar-refractivity contribution in [3.05, 3.63) is 47.0 Å². The molecule has 18 heavy (non-hydrogen) atoms. The normalized spacial score (nSPS) is 16.0. The first-order valence-corrected chi connectivity index (χ1v) is 6.73. The number of rotatable bonds is 4. The number of Topliss-reactive ketones (excluding diaryl/α,β-unsaturated/α-hetero) is 1. The zero-order valence-electron chi connectivity index (χ0n) is 11.2. The molecule has 0 N–H and O–H groups in total. The Balaban J connectivity index is 2.39. The van der Waals surface area contributed by atoms with Crippen molar-refractivity contribution in [1.82, 2.24) is 0 Å². The van der Waals surface area contributed by atoms with E-state index in [2.05, 4.69) is 38.1 Å². The van der Waals surface area contributed by atoms with Crippen LogP contribution in [0.1, 0.15) is 50.7 Å². The van der Waals surface area contributed by atoms with E-state index in [9.17, 15) is 4.79 Å². The molecule has 0 unspecified atom stereocenters. The molecular weight excluding hydrogens is 220 g/mol. The number of ketones is 1. The molecule has 2 rings (SSSR count). The monoisotopic (exact) mass is 240 g/mol. The zero-order valence-corrected chi connectivity index (χ0v) is 11.2. The van der Waals surface area contributed by atoms with Crippen molar-refractivity contribution < 1.29 is 4.79 Å². The molecule has 0 bridgehead atoms. The lowest BCUT2D eigenvalue weighted by molar-refractivity contribution is -0.113. The molecule has 0 saturated heterocycles. The molecule has 0 aromatic heterocycles. The second-order valence-corrected chi connectivity index (χ2v) is 4.86. The lowest BCUT2D eigenvalue weighted by Gasteiger charge is -2.07. The number of carbonyl (C=O) groups excluding carboxylic acids is 1. The number of hydrogen-bond acceptors (Lipinski definition) is 1. The molecule has 0 heterocycles. The van der Waals surface area contributed by atoms with Crippen LogP contribution in [-0.2, 0) is 4.79 Å². The minimum Gasteiger partial charge on any atom is -0.294 e. The van der Waals surface area contributed by atoms with Gasteiger partial charge in [0.15, 0.2) is 5.78 Å². The van der Waals surface area contributed by atoms with Crippen molar-refractivity contribution in [2.24, 2.45) is 0 Å². The lowest BCUT2D eigenvalue weighted by atomic mass is 9.96. The second-order valence-electron chi connectivity index (χ2n) is 4.86. The van der Waals surface area contributed by atoms with E-state index in [0.29, 0.717) is 12.2 Å². The van der Waals surface area contributed by atoms with E-state index in [1.54, 1.807) is 0 Å². The van der Waals surface area contributed by atoms with Gasteiger partial charge in [-0.15, -0.1) is 0 Å². The Morgan fingerprint density at radius 2 is 2.00 bits per heavy atom. The van der Waals surface area contributed by atoms with Gasteiger partial charge in [0.1, 0.15) is 0 Å². The highest BCUT2D eigenvalue weighted by molar-refractivity contribution is 6.24. The predicted molar refractivity (Wildman–Crippen MR) is 77.2 cm³/mol. The number of benzene rings is 1. The Morgan fingerprint density at radius 1 is 1.22 bits per heavy atom. The quantitative estimate of drug-likeness (QED) is 0.749. The summed E-state index contributed by atoms with van der Waals surface area (Å²) in [6.45, 7) is 4.25. The van der Waals surface area contributed by atoms with Gasteiger partial charge < -0.3 is 0 Å². The first kappa shape index (κ1) is 12.8. The second kappa shape index (κ2) is 5.81. The number of carbonyl (C=O) groups is 1. The van der Waals surface area contributed by atoms with Crippen LogP contribution in [-0.4, -0.2) is 5.78 Å². The van der Waals surface area contributed by atoms with Gasteiger partial charge in [-0.3, -0.25) is 4.79 Å². The third kappa shape index (κ3) is 2.61. The van der Waals surface area contributed by atoms with E-state index in [4.69, 9.17) is 0 Å². The van der Waals surface area contributed by atoms with E-state index in [1.165, 1.54) is 5.57 Å². The number of unbranched alkanes of at least 4 members (excludes halogenated alkanes) is 1. The third-order valence-corrected chi connectivity index (χ3v) is 3.42. The molecule has 1 aliphatic carbocycles. The van der Waals surface area contributed by atoms with Gasteiger partial charge in [-0.1, -0.05) is 55.3 Å². The maximum Gasteiger partial charge on any atom is 0.163 e. The van der Waals surface area contributed by atoms with Crippen molar-refractivity contribution >= 4 is 17.4 Å². The van der Waals surface area contributed by atoms with Crippen LogP contribution in [0.4, 0.5) is 0 Å². The number of allylic oxidation sites excluding steroid dienone is 3. The van der Waals surface area contributed by atoms with Gasteiger partial charge in [-0.05, 0) is 30.9 Å². The molecule has 0 amide bonds. The van der Waals surface area contributed by atoms with Crippen LogP contribution in [0.3, 0.4) is 0 Å². The van der Waals surface area contributed by atoms with Crippen LogP contribution in [0.15, 0.2) is 35.9 Å². The van der Waals surface area contributed by atoms with Crippen molar-refractivity contribution in [3.63, 3.8) is 0 Å². The Bertz CT molecular complexity index is 506. The largest absolute Gasteiger partial charge is 0.294 e. The summed E-state index contributed by atoms with van der Waals surface area (Å²) < 4.78 is 0. The maximum atomic E-state index is 12.0. The zero-order chi connectivity index (χ0) is 13.0. The van der Waals surface area contributed by atoms with Gasteiger partial charge >= 0.3 is 0 Å². The molecule has 0 spiro atoms. The Morgan fingerprint density at radius 3 is 2.67 bits per heavy atom. The van der Waals surface area contributed by atoms with E-state index in [1.807, 2.05) is 12.1 Å². The van der Waals surface area contributed by atoms with E-state index in [0.717, 1.165) is 36.0 Å². The third-order valence-electron chi connectivity index (χ3n) is 3.42. The minimum atomic E-state index is 0.295. The highest BCUT2D eigenvalue weighted by atomic mass is 16.1. The van der Waals surface area contributed by atoms with Crippen molar-refractivity contribution in [3.8, 4) is 0 Å². The highest BCUT2D eigenvalue weighted by Gasteiger charge is 2.22. The van der Waals surface area contributed by atoms with Crippen molar-refractivity contribution in [2.45, 2.75) is 39.5 Å². The molecule has 1 aromatic rings. The van der Waals surface area contributed by atoms with Gasteiger partial charge in [0, 0.05) is 12.0 Å². The smallest absolute Gasteiger partial charge is 0.163 e. The van der Waals surface area contributed by atoms with Crippen LogP contribution < -0.4 is 0 Å². The fraction of sp³-hybridized carbons (Fsp3) is 0.353. The molecule has 0 saturated carbocycles. The first-order valence-electron chi connectivity index (χ1n) is 6.73. The van der Waals surface area contributed by atoms with Gasteiger partial charge in [-0.25, -0.2) is 0 Å². The molecular formula is C17H20O. The van der Waals surface area contributed by atoms with Crippen LogP contribution >= 0.6 is 0 Å². The summed E-state index contributed by atoms with van der Waals surface area (Å²) in [6.07, 6.45) is 8.16. The topological polar surface area (TPSA) is 17.1 Å². The molecule has 1 aromatic carbocycles. The van der Waals surface area contributed by atoms with E-state index >= 15 is 0 Å². The van der Waals surface area contributed by atoms with Gasteiger partial charge in [-0.2, -0.15) is 0 Å². The molecule has 0 atom stereocenters. The van der Waals surface area contributed by atoms with Gasteiger partial charge in [0.25, 0.3) is 0 Å². The highest BCUT2D eigenvalue weighted by Crippen LogP contribution is 2.32. The average molecular weight is 240 g/mol. The predicted octanol–water partition coefficient (Wildman–Crippen LogP) is 4.64. The Hall–Kier alpha value is -1.63. The van der Waals surface area contributed by atoms with Crippen molar-refractivity contribution in [1.29, 1.82) is 0 Å². The van der Waals surface area contributed by atoms with Gasteiger partial charge in [0.05, 0.1) is 0 Å². The SMILES string of the molecule is CCCC=Cc1ccccc1C1=C(C)CCC1=O. The van der Waals surface area contributed by atoms with Gasteiger partial charge in [0.2, 0.25) is 0 Å². The summed E-state index contributed by atoms with van der Waals surface area (Å²) in [5, 5.41) is 0. The summed E-state index contributed by atoms with van der Waals surface area (Å²) in [5.74, 6) is 0.295. The van der Waals surface area contributed by atoms with Crippen LogP contribution in [0.5, 0.6) is 0 Å². The molecule has 1 heteroatoms. The summed E-state index contributed by atoms with van der Waals surface area (Å²) in [6, 6.07) is 8.20. The number of hydrogen-bond donors (Lipinski definition) is 0. The van der Waals surface area contributed by atoms with Crippen molar-refractivity contribution in [2.75, 3.05) is 0 Å². The lowest BCUT2D eigenvalue weighted by Crippen LogP contribution is -1.97. The van der Waals surface area contributed by atoms with Crippen LogP contribution in [0.25, 0.3) is 11.6 Å². The fourth-order valence-corrected chi connectivity index (χ4v) is 2.42. The average Bonchev–Trinajstić information content (AvgIpc) is 2.70. The van der Waals surface area contributed by atoms with E-state index in [-0.39, 0.29) is 0 Å². The molecule has 1 nitrogen and oxygen atoms in total. The summed E-state index contributed by atoms with van der Waals surface area (Å²) in [7, 11) is 0. The molecule has 0 aliphatic heterocycles. The van der Waals surface area contributed by atoms with Crippen LogP contribution in [0.2, 0.25) is 0 Å². The summed E-state index contributed by atoms with van der Waals surface area (Å²) in [4.78, 5) is 12.0. The van der Waals surface area contributed by atoms with Crippen LogP contribution in [0, 0.1) is 0 Å². The first-order chi connectivity index (χ1) is 8.74. The molecule has 0 fully saturated rings. The maximum absolute atomic E-state index is 12.0. The minimum absolute atomic E-state index is 0.295.